The quantitative estimate of drug-likeness (QED) is 0.378. The van der Waals surface area contributed by atoms with E-state index in [1.807, 2.05) is 13.0 Å². The van der Waals surface area contributed by atoms with Crippen LogP contribution in [0, 0.1) is 12.7 Å². The summed E-state index contributed by atoms with van der Waals surface area (Å²) < 4.78 is 53.0. The van der Waals surface area contributed by atoms with Gasteiger partial charge in [0, 0.05) is 19.8 Å². The van der Waals surface area contributed by atoms with Gasteiger partial charge in [-0.2, -0.15) is 13.2 Å². The molecule has 0 spiro atoms. The highest BCUT2D eigenvalue weighted by atomic mass is 79.9. The minimum absolute atomic E-state index is 0.0256. The number of benzene rings is 1. The van der Waals surface area contributed by atoms with Crippen LogP contribution in [0.15, 0.2) is 28.7 Å². The van der Waals surface area contributed by atoms with Crippen LogP contribution < -0.4 is 0 Å². The third-order valence-corrected chi connectivity index (χ3v) is 5.96. The van der Waals surface area contributed by atoms with Gasteiger partial charge in [0.2, 0.25) is 0 Å². The molecule has 0 radical (unpaired) electrons. The Morgan fingerprint density at radius 2 is 1.90 bits per heavy atom. The van der Waals surface area contributed by atoms with Crippen LogP contribution in [-0.4, -0.2) is 0 Å². The van der Waals surface area contributed by atoms with Crippen molar-refractivity contribution in [3.05, 3.63) is 55.4 Å². The standard InChI is InChI=1S/C13H8Br2F4S/c1-6-5-9(14)12(20-6)10(15)7-3-2-4-8(11(7)16)13(17,18)19/h2-5,10H,1H3. The molecular formula is C13H8Br2F4S. The Morgan fingerprint density at radius 1 is 1.25 bits per heavy atom. The van der Waals surface area contributed by atoms with Crippen molar-refractivity contribution in [1.82, 2.24) is 0 Å². The molecule has 0 aliphatic rings. The second kappa shape index (κ2) is 5.77. The molecule has 0 nitrogen and oxygen atoms in total. The summed E-state index contributed by atoms with van der Waals surface area (Å²) in [6.07, 6.45) is -4.70. The fourth-order valence-corrected chi connectivity index (χ4v) is 4.84. The number of halogens is 6. The van der Waals surface area contributed by atoms with Crippen LogP contribution in [-0.2, 0) is 6.18 Å². The lowest BCUT2D eigenvalue weighted by Gasteiger charge is -2.14. The normalized spacial score (nSPS) is 13.6. The second-order valence-corrected chi connectivity index (χ2v) is 7.20. The fourth-order valence-electron chi connectivity index (χ4n) is 1.78. The van der Waals surface area contributed by atoms with Gasteiger partial charge in [0.1, 0.15) is 5.82 Å². The maximum absolute atomic E-state index is 14.1. The lowest BCUT2D eigenvalue weighted by Crippen LogP contribution is -2.10. The van der Waals surface area contributed by atoms with Crippen molar-refractivity contribution in [2.75, 3.05) is 0 Å². The van der Waals surface area contributed by atoms with E-state index in [1.165, 1.54) is 23.5 Å². The van der Waals surface area contributed by atoms with Crippen LogP contribution >= 0.6 is 43.2 Å². The number of alkyl halides is 4. The highest BCUT2D eigenvalue weighted by Crippen LogP contribution is 2.43. The summed E-state index contributed by atoms with van der Waals surface area (Å²) in [6.45, 7) is 1.88. The van der Waals surface area contributed by atoms with Crippen LogP contribution in [0.4, 0.5) is 17.6 Å². The van der Waals surface area contributed by atoms with Gasteiger partial charge in [0.25, 0.3) is 0 Å². The van der Waals surface area contributed by atoms with Crippen molar-refractivity contribution in [1.29, 1.82) is 0 Å². The Morgan fingerprint density at radius 3 is 2.40 bits per heavy atom. The number of rotatable bonds is 2. The zero-order valence-electron chi connectivity index (χ0n) is 10.1. The van der Waals surface area contributed by atoms with E-state index in [2.05, 4.69) is 31.9 Å². The fraction of sp³-hybridized carbons (Fsp3) is 0.231. The zero-order valence-corrected chi connectivity index (χ0v) is 14.1. The molecule has 20 heavy (non-hydrogen) atoms. The number of aryl methyl sites for hydroxylation is 1. The summed E-state index contributed by atoms with van der Waals surface area (Å²) in [6, 6.07) is 5.16. The molecule has 108 valence electrons. The Kier molecular flexibility index (Phi) is 4.61. The topological polar surface area (TPSA) is 0 Å². The molecule has 0 aliphatic heterocycles. The van der Waals surface area contributed by atoms with Crippen molar-refractivity contribution in [2.45, 2.75) is 17.9 Å². The van der Waals surface area contributed by atoms with E-state index in [0.29, 0.717) is 0 Å². The molecule has 7 heteroatoms. The molecule has 0 bridgehead atoms. The molecule has 0 amide bonds. The highest BCUT2D eigenvalue weighted by molar-refractivity contribution is 9.11. The van der Waals surface area contributed by atoms with E-state index in [-0.39, 0.29) is 5.56 Å². The van der Waals surface area contributed by atoms with Gasteiger partial charge >= 0.3 is 6.18 Å². The molecule has 0 N–H and O–H groups in total. The summed E-state index contributed by atoms with van der Waals surface area (Å²) in [5, 5.41) is 0. The van der Waals surface area contributed by atoms with Crippen LogP contribution in [0.1, 0.15) is 25.7 Å². The number of thiophene rings is 1. The molecule has 0 aliphatic carbocycles. The van der Waals surface area contributed by atoms with Gasteiger partial charge in [-0.05, 0) is 35.0 Å². The average Bonchev–Trinajstić information content (AvgIpc) is 2.66. The smallest absolute Gasteiger partial charge is 0.206 e. The molecule has 1 aromatic heterocycles. The molecule has 0 saturated carbocycles. The van der Waals surface area contributed by atoms with Crippen LogP contribution in [0.3, 0.4) is 0 Å². The minimum atomic E-state index is -4.70. The SMILES string of the molecule is Cc1cc(Br)c(C(Br)c2cccc(C(F)(F)F)c2F)s1. The maximum Gasteiger partial charge on any atom is 0.419 e. The Hall–Kier alpha value is -0.400. The molecular weight excluding hydrogens is 424 g/mol. The monoisotopic (exact) mass is 430 g/mol. The van der Waals surface area contributed by atoms with Crippen LogP contribution in [0.5, 0.6) is 0 Å². The average molecular weight is 432 g/mol. The largest absolute Gasteiger partial charge is 0.419 e. The summed E-state index contributed by atoms with van der Waals surface area (Å²) in [5.74, 6) is -1.24. The third kappa shape index (κ3) is 3.09. The van der Waals surface area contributed by atoms with E-state index in [0.717, 1.165) is 20.3 Å². The Bertz CT molecular complexity index is 634. The molecule has 2 aromatic rings. The van der Waals surface area contributed by atoms with Crippen LogP contribution in [0.2, 0.25) is 0 Å². The van der Waals surface area contributed by atoms with Gasteiger partial charge in [-0.1, -0.05) is 28.1 Å². The van der Waals surface area contributed by atoms with E-state index >= 15 is 0 Å². The summed E-state index contributed by atoms with van der Waals surface area (Å²) in [5.41, 5.74) is -1.27. The molecule has 0 fully saturated rings. The van der Waals surface area contributed by atoms with E-state index in [4.69, 9.17) is 0 Å². The van der Waals surface area contributed by atoms with Crippen molar-refractivity contribution in [2.24, 2.45) is 0 Å². The van der Waals surface area contributed by atoms with Crippen molar-refractivity contribution in [3.8, 4) is 0 Å². The van der Waals surface area contributed by atoms with Crippen molar-refractivity contribution >= 4 is 43.2 Å². The first-order valence-corrected chi connectivity index (χ1v) is 8.00. The van der Waals surface area contributed by atoms with Gasteiger partial charge < -0.3 is 0 Å². The summed E-state index contributed by atoms with van der Waals surface area (Å²) in [7, 11) is 0. The van der Waals surface area contributed by atoms with Crippen LogP contribution in [0.25, 0.3) is 0 Å². The van der Waals surface area contributed by atoms with Crippen molar-refractivity contribution in [3.63, 3.8) is 0 Å². The summed E-state index contributed by atoms with van der Waals surface area (Å²) in [4.78, 5) is 1.10. The lowest BCUT2D eigenvalue weighted by molar-refractivity contribution is -0.140. The van der Waals surface area contributed by atoms with Crippen molar-refractivity contribution < 1.29 is 17.6 Å². The maximum atomic E-state index is 14.1. The first-order valence-electron chi connectivity index (χ1n) is 5.47. The number of hydrogen-bond acceptors (Lipinski definition) is 1. The molecule has 1 heterocycles. The molecule has 1 unspecified atom stereocenters. The second-order valence-electron chi connectivity index (χ2n) is 4.14. The molecule has 1 aromatic carbocycles. The van der Waals surface area contributed by atoms with Gasteiger partial charge in [-0.25, -0.2) is 4.39 Å². The predicted octanol–water partition coefficient (Wildman–Crippen LogP) is 6.46. The summed E-state index contributed by atoms with van der Waals surface area (Å²) >= 11 is 8.01. The van der Waals surface area contributed by atoms with Gasteiger partial charge in [0.15, 0.2) is 0 Å². The highest BCUT2D eigenvalue weighted by Gasteiger charge is 2.36. The minimum Gasteiger partial charge on any atom is -0.206 e. The Balaban J connectivity index is 2.51. The Labute approximate surface area is 134 Å². The van der Waals surface area contributed by atoms with E-state index in [1.54, 1.807) is 0 Å². The predicted molar refractivity (Wildman–Crippen MR) is 78.9 cm³/mol. The van der Waals surface area contributed by atoms with E-state index < -0.39 is 22.4 Å². The van der Waals surface area contributed by atoms with E-state index in [9.17, 15) is 17.6 Å². The molecule has 0 saturated heterocycles. The van der Waals surface area contributed by atoms with Gasteiger partial charge in [0.05, 0.1) is 10.4 Å². The zero-order chi connectivity index (χ0) is 15.1. The third-order valence-electron chi connectivity index (χ3n) is 2.67. The van der Waals surface area contributed by atoms with Gasteiger partial charge in [-0.15, -0.1) is 11.3 Å². The number of hydrogen-bond donors (Lipinski definition) is 0. The molecule has 2 rings (SSSR count). The first kappa shape index (κ1) is 16.0. The van der Waals surface area contributed by atoms with Gasteiger partial charge in [-0.3, -0.25) is 0 Å². The first-order chi connectivity index (χ1) is 9.21. The molecule has 1 atom stereocenters. The lowest BCUT2D eigenvalue weighted by atomic mass is 10.1.